The molecule has 8 atom stereocenters. The molecule has 0 aromatic rings. The van der Waals surface area contributed by atoms with E-state index in [0.29, 0.717) is 24.2 Å². The Morgan fingerprint density at radius 2 is 2.07 bits per heavy atom. The Bertz CT molecular complexity index is 666. The molecule has 4 unspecified atom stereocenters. The molecule has 1 fully saturated rings. The van der Waals surface area contributed by atoms with Crippen molar-refractivity contribution in [2.45, 2.75) is 84.5 Å². The fourth-order valence-corrected chi connectivity index (χ4v) is 5.07. The zero-order valence-corrected chi connectivity index (χ0v) is 18.2. The Balaban J connectivity index is 1.74. The third kappa shape index (κ3) is 5.30. The summed E-state index contributed by atoms with van der Waals surface area (Å²) in [7, 11) is 0. The van der Waals surface area contributed by atoms with Crippen LogP contribution in [0.4, 0.5) is 0 Å². The first kappa shape index (κ1) is 22.1. The van der Waals surface area contributed by atoms with Gasteiger partial charge in [0.05, 0.1) is 18.4 Å². The van der Waals surface area contributed by atoms with E-state index < -0.39 is 6.10 Å². The van der Waals surface area contributed by atoms with Gasteiger partial charge in [-0.05, 0) is 49.0 Å². The van der Waals surface area contributed by atoms with Gasteiger partial charge in [0.15, 0.2) is 0 Å². The molecular formula is C24H36O5. The molecule has 0 radical (unpaired) electrons. The van der Waals surface area contributed by atoms with Crippen LogP contribution in [0.2, 0.25) is 0 Å². The minimum Gasteiger partial charge on any atom is -0.462 e. The average Bonchev–Trinajstić information content (AvgIpc) is 2.65. The maximum Gasteiger partial charge on any atom is 0.308 e. The number of hydrogen-bond donors (Lipinski definition) is 1. The molecule has 0 bridgehead atoms. The molecule has 2 aliphatic carbocycles. The summed E-state index contributed by atoms with van der Waals surface area (Å²) in [6.45, 7) is 8.33. The molecule has 0 aromatic carbocycles. The standard InChI is InChI=1S/C24H36O5/c1-5-15(3)24(27)29-21-11-14(2)10-17-7-6-16(4)20(23(17)21)9-8-19-12-18(25)13-22(26)28-19/h6-7,10,14-16,18-21,23,25H,5,8-9,11-13H2,1-4H3/t14?,15?,16-,18+,19?,20-,21?,23-/m0/s1. The van der Waals surface area contributed by atoms with Gasteiger partial charge < -0.3 is 14.6 Å². The van der Waals surface area contributed by atoms with E-state index in [4.69, 9.17) is 9.47 Å². The Morgan fingerprint density at radius 1 is 1.31 bits per heavy atom. The second kappa shape index (κ2) is 9.46. The normalized spacial score (nSPS) is 37.9. The van der Waals surface area contributed by atoms with Gasteiger partial charge in [-0.2, -0.15) is 0 Å². The third-order valence-electron chi connectivity index (χ3n) is 6.93. The molecular weight excluding hydrogens is 368 g/mol. The molecule has 1 saturated heterocycles. The number of aliphatic hydroxyl groups excluding tert-OH is 1. The number of carbonyl (C=O) groups excluding carboxylic acids is 2. The van der Waals surface area contributed by atoms with Gasteiger partial charge in [0, 0.05) is 12.3 Å². The van der Waals surface area contributed by atoms with Crippen LogP contribution < -0.4 is 0 Å². The highest BCUT2D eigenvalue weighted by Crippen LogP contribution is 2.45. The number of ether oxygens (including phenoxy) is 2. The molecule has 0 saturated carbocycles. The molecule has 1 heterocycles. The molecule has 162 valence electrons. The highest BCUT2D eigenvalue weighted by molar-refractivity contribution is 5.72. The summed E-state index contributed by atoms with van der Waals surface area (Å²) >= 11 is 0. The number of hydrogen-bond acceptors (Lipinski definition) is 5. The van der Waals surface area contributed by atoms with Crippen LogP contribution in [0.5, 0.6) is 0 Å². The molecule has 1 N–H and O–H groups in total. The van der Waals surface area contributed by atoms with E-state index in [9.17, 15) is 14.7 Å². The van der Waals surface area contributed by atoms with E-state index in [1.165, 1.54) is 5.57 Å². The fourth-order valence-electron chi connectivity index (χ4n) is 5.07. The van der Waals surface area contributed by atoms with Gasteiger partial charge in [-0.1, -0.05) is 45.9 Å². The van der Waals surface area contributed by atoms with Crippen molar-refractivity contribution in [3.63, 3.8) is 0 Å². The lowest BCUT2D eigenvalue weighted by atomic mass is 9.65. The molecule has 3 aliphatic rings. The SMILES string of the molecule is CCC(C)C(=O)OC1CC(C)C=C2C=C[C@H](C)[C@H](CCC3C[C@@H](O)CC(=O)O3)[C@H]21. The summed E-state index contributed by atoms with van der Waals surface area (Å²) in [5.41, 5.74) is 1.27. The van der Waals surface area contributed by atoms with Crippen LogP contribution >= 0.6 is 0 Å². The van der Waals surface area contributed by atoms with Crippen molar-refractivity contribution >= 4 is 11.9 Å². The molecule has 3 rings (SSSR count). The summed E-state index contributed by atoms with van der Waals surface area (Å²) in [5.74, 6) is 0.755. The Labute approximate surface area is 174 Å². The molecule has 5 nitrogen and oxygen atoms in total. The molecule has 0 aromatic heterocycles. The van der Waals surface area contributed by atoms with Crippen LogP contribution in [0.1, 0.15) is 66.2 Å². The molecule has 5 heteroatoms. The van der Waals surface area contributed by atoms with Crippen LogP contribution in [0, 0.1) is 29.6 Å². The minimum absolute atomic E-state index is 0.0854. The Morgan fingerprint density at radius 3 is 2.76 bits per heavy atom. The van der Waals surface area contributed by atoms with Crippen molar-refractivity contribution in [3.05, 3.63) is 23.8 Å². The Kier molecular flexibility index (Phi) is 7.20. The topological polar surface area (TPSA) is 72.8 Å². The lowest BCUT2D eigenvalue weighted by Crippen LogP contribution is -2.42. The quantitative estimate of drug-likeness (QED) is 0.672. The predicted molar refractivity (Wildman–Crippen MR) is 111 cm³/mol. The molecule has 0 amide bonds. The van der Waals surface area contributed by atoms with Crippen LogP contribution in [-0.2, 0) is 19.1 Å². The molecule has 0 spiro atoms. The van der Waals surface area contributed by atoms with Crippen LogP contribution in [0.15, 0.2) is 23.8 Å². The largest absolute Gasteiger partial charge is 0.462 e. The molecule has 1 aliphatic heterocycles. The van der Waals surface area contributed by atoms with Gasteiger partial charge in [0.2, 0.25) is 0 Å². The van der Waals surface area contributed by atoms with Gasteiger partial charge in [-0.25, -0.2) is 0 Å². The van der Waals surface area contributed by atoms with Crippen molar-refractivity contribution in [3.8, 4) is 0 Å². The summed E-state index contributed by atoms with van der Waals surface area (Å²) < 4.78 is 11.5. The Hall–Kier alpha value is -1.62. The number of fused-ring (bicyclic) bond motifs is 1. The second-order valence-electron chi connectivity index (χ2n) is 9.36. The van der Waals surface area contributed by atoms with Gasteiger partial charge in [-0.15, -0.1) is 0 Å². The number of rotatable bonds is 6. The smallest absolute Gasteiger partial charge is 0.308 e. The zero-order chi connectivity index (χ0) is 21.1. The number of esters is 2. The minimum atomic E-state index is -0.597. The number of allylic oxidation sites excluding steroid dienone is 3. The summed E-state index contributed by atoms with van der Waals surface area (Å²) in [4.78, 5) is 24.2. The van der Waals surface area contributed by atoms with E-state index in [0.717, 1.165) is 25.7 Å². The van der Waals surface area contributed by atoms with E-state index in [1.807, 2.05) is 13.8 Å². The zero-order valence-electron chi connectivity index (χ0n) is 18.2. The first-order valence-electron chi connectivity index (χ1n) is 11.3. The van der Waals surface area contributed by atoms with Gasteiger partial charge in [-0.3, -0.25) is 9.59 Å². The maximum absolute atomic E-state index is 12.5. The summed E-state index contributed by atoms with van der Waals surface area (Å²) in [5, 5.41) is 9.89. The number of cyclic esters (lactones) is 1. The van der Waals surface area contributed by atoms with E-state index >= 15 is 0 Å². The first-order valence-corrected chi connectivity index (χ1v) is 11.3. The predicted octanol–water partition coefficient (Wildman–Crippen LogP) is 4.20. The van der Waals surface area contributed by atoms with Crippen LogP contribution in [0.3, 0.4) is 0 Å². The van der Waals surface area contributed by atoms with Crippen molar-refractivity contribution in [2.24, 2.45) is 29.6 Å². The maximum atomic E-state index is 12.5. The van der Waals surface area contributed by atoms with Crippen molar-refractivity contribution in [1.29, 1.82) is 0 Å². The van der Waals surface area contributed by atoms with E-state index in [1.54, 1.807) is 0 Å². The lowest BCUT2D eigenvalue weighted by molar-refractivity contribution is -0.162. The van der Waals surface area contributed by atoms with Crippen molar-refractivity contribution in [1.82, 2.24) is 0 Å². The first-order chi connectivity index (χ1) is 13.8. The summed E-state index contributed by atoms with van der Waals surface area (Å²) in [6, 6.07) is 0. The highest BCUT2D eigenvalue weighted by atomic mass is 16.5. The average molecular weight is 405 g/mol. The lowest BCUT2D eigenvalue weighted by Gasteiger charge is -2.43. The monoisotopic (exact) mass is 404 g/mol. The second-order valence-corrected chi connectivity index (χ2v) is 9.36. The van der Waals surface area contributed by atoms with Crippen LogP contribution in [-0.4, -0.2) is 35.4 Å². The van der Waals surface area contributed by atoms with Crippen LogP contribution in [0.25, 0.3) is 0 Å². The van der Waals surface area contributed by atoms with E-state index in [-0.39, 0.29) is 42.4 Å². The van der Waals surface area contributed by atoms with Gasteiger partial charge in [0.25, 0.3) is 0 Å². The fraction of sp³-hybridized carbons (Fsp3) is 0.750. The number of aliphatic hydroxyl groups is 1. The number of carbonyl (C=O) groups is 2. The van der Waals surface area contributed by atoms with E-state index in [2.05, 4.69) is 32.1 Å². The van der Waals surface area contributed by atoms with Crippen molar-refractivity contribution in [2.75, 3.05) is 0 Å². The van der Waals surface area contributed by atoms with Crippen molar-refractivity contribution < 1.29 is 24.2 Å². The molecule has 29 heavy (non-hydrogen) atoms. The summed E-state index contributed by atoms with van der Waals surface area (Å²) in [6.07, 6.45) is 9.70. The van der Waals surface area contributed by atoms with Gasteiger partial charge >= 0.3 is 11.9 Å². The van der Waals surface area contributed by atoms with Gasteiger partial charge in [0.1, 0.15) is 12.2 Å². The highest BCUT2D eigenvalue weighted by Gasteiger charge is 2.42. The third-order valence-corrected chi connectivity index (χ3v) is 6.93.